The van der Waals surface area contributed by atoms with Crippen molar-refractivity contribution < 1.29 is 4.74 Å². The second kappa shape index (κ2) is 6.86. The van der Waals surface area contributed by atoms with Crippen LogP contribution in [-0.4, -0.2) is 50.1 Å². The zero-order valence-corrected chi connectivity index (χ0v) is 11.7. The molecule has 1 heterocycles. The zero-order chi connectivity index (χ0) is 12.8. The summed E-state index contributed by atoms with van der Waals surface area (Å²) < 4.78 is 5.46. The number of piperazine rings is 1. The summed E-state index contributed by atoms with van der Waals surface area (Å²) >= 11 is 5.77. The molecule has 0 bridgehead atoms. The summed E-state index contributed by atoms with van der Waals surface area (Å²) in [6.07, 6.45) is 0. The van der Waals surface area contributed by atoms with Crippen LogP contribution in [-0.2, 0) is 0 Å². The number of nitrogens with zero attached hydrogens (tertiary/aromatic N) is 2. The number of rotatable bonds is 5. The van der Waals surface area contributed by atoms with E-state index in [1.165, 1.54) is 5.69 Å². The average Bonchev–Trinajstić information content (AvgIpc) is 2.41. The molecule has 0 aliphatic carbocycles. The van der Waals surface area contributed by atoms with Crippen LogP contribution in [0.25, 0.3) is 0 Å². The van der Waals surface area contributed by atoms with Gasteiger partial charge < -0.3 is 9.64 Å². The largest absolute Gasteiger partial charge is 0.494 e. The van der Waals surface area contributed by atoms with Crippen LogP contribution in [0.4, 0.5) is 5.69 Å². The van der Waals surface area contributed by atoms with Gasteiger partial charge in [-0.25, -0.2) is 0 Å². The lowest BCUT2D eigenvalue weighted by Gasteiger charge is -2.35. The minimum Gasteiger partial charge on any atom is -0.494 e. The number of halogens is 1. The third-order valence-corrected chi connectivity index (χ3v) is 3.45. The quantitative estimate of drug-likeness (QED) is 0.763. The minimum atomic E-state index is 0.719. The van der Waals surface area contributed by atoms with Gasteiger partial charge in [-0.2, -0.15) is 0 Å². The van der Waals surface area contributed by atoms with Gasteiger partial charge in [0.1, 0.15) is 5.75 Å². The van der Waals surface area contributed by atoms with E-state index in [-0.39, 0.29) is 0 Å². The Labute approximate surface area is 114 Å². The molecule has 1 aliphatic heterocycles. The molecule has 1 aliphatic rings. The van der Waals surface area contributed by atoms with Crippen molar-refractivity contribution in [3.63, 3.8) is 0 Å². The molecule has 0 atom stereocenters. The second-order valence-corrected chi connectivity index (χ2v) is 4.82. The maximum Gasteiger partial charge on any atom is 0.119 e. The molecule has 0 unspecified atom stereocenters. The van der Waals surface area contributed by atoms with Crippen molar-refractivity contribution in [1.29, 1.82) is 0 Å². The fourth-order valence-electron chi connectivity index (χ4n) is 2.27. The van der Waals surface area contributed by atoms with Crippen LogP contribution in [0.5, 0.6) is 5.75 Å². The van der Waals surface area contributed by atoms with Gasteiger partial charge >= 0.3 is 0 Å². The number of hydrogen-bond acceptors (Lipinski definition) is 3. The summed E-state index contributed by atoms with van der Waals surface area (Å²) in [6, 6.07) is 8.37. The van der Waals surface area contributed by atoms with E-state index in [1.807, 2.05) is 19.1 Å². The number of anilines is 1. The van der Waals surface area contributed by atoms with Gasteiger partial charge in [-0.3, -0.25) is 4.90 Å². The van der Waals surface area contributed by atoms with E-state index in [2.05, 4.69) is 21.9 Å². The van der Waals surface area contributed by atoms with Gasteiger partial charge in [0.05, 0.1) is 6.61 Å². The third kappa shape index (κ3) is 3.53. The molecule has 1 aromatic rings. The lowest BCUT2D eigenvalue weighted by molar-refractivity contribution is 0.272. The fourth-order valence-corrected chi connectivity index (χ4v) is 2.51. The number of alkyl halides is 1. The summed E-state index contributed by atoms with van der Waals surface area (Å²) in [5.41, 5.74) is 1.28. The van der Waals surface area contributed by atoms with Crippen LogP contribution < -0.4 is 9.64 Å². The molecule has 0 N–H and O–H groups in total. The molecule has 0 radical (unpaired) electrons. The molecular weight excluding hydrogens is 248 g/mol. The first kappa shape index (κ1) is 13.5. The van der Waals surface area contributed by atoms with E-state index < -0.39 is 0 Å². The van der Waals surface area contributed by atoms with Gasteiger partial charge in [0.15, 0.2) is 0 Å². The molecule has 1 fully saturated rings. The summed E-state index contributed by atoms with van der Waals surface area (Å²) in [5.74, 6) is 1.67. The number of ether oxygens (including phenoxy) is 1. The highest BCUT2D eigenvalue weighted by Gasteiger charge is 2.16. The van der Waals surface area contributed by atoms with Crippen molar-refractivity contribution >= 4 is 17.3 Å². The molecule has 100 valence electrons. The lowest BCUT2D eigenvalue weighted by Crippen LogP contribution is -2.46. The molecule has 4 heteroatoms. The predicted octanol–water partition coefficient (Wildman–Crippen LogP) is 2.45. The maximum atomic E-state index is 5.77. The molecule has 0 aromatic heterocycles. The summed E-state index contributed by atoms with van der Waals surface area (Å²) in [4.78, 5) is 4.83. The summed E-state index contributed by atoms with van der Waals surface area (Å²) in [6.45, 7) is 8.06. The smallest absolute Gasteiger partial charge is 0.119 e. The average molecular weight is 269 g/mol. The lowest BCUT2D eigenvalue weighted by atomic mass is 10.2. The van der Waals surface area contributed by atoms with Gasteiger partial charge in [-0.15, -0.1) is 11.6 Å². The standard InChI is InChI=1S/C14H21ClN2O/c1-2-18-14-5-3-13(4-6-14)17-11-9-16(8-7-15)10-12-17/h3-6H,2,7-12H2,1H3. The van der Waals surface area contributed by atoms with Crippen molar-refractivity contribution in [2.45, 2.75) is 6.92 Å². The van der Waals surface area contributed by atoms with Gasteiger partial charge in [-0.05, 0) is 31.2 Å². The molecule has 0 saturated carbocycles. The van der Waals surface area contributed by atoms with Crippen molar-refractivity contribution in [2.75, 3.05) is 50.1 Å². The van der Waals surface area contributed by atoms with Crippen molar-refractivity contribution in [3.05, 3.63) is 24.3 Å². The minimum absolute atomic E-state index is 0.719. The van der Waals surface area contributed by atoms with Crippen LogP contribution in [0.1, 0.15) is 6.92 Å². The Morgan fingerprint density at radius 3 is 2.33 bits per heavy atom. The Hall–Kier alpha value is -0.930. The topological polar surface area (TPSA) is 15.7 Å². The van der Waals surface area contributed by atoms with Gasteiger partial charge in [-0.1, -0.05) is 0 Å². The Balaban J connectivity index is 1.89. The molecule has 1 saturated heterocycles. The number of hydrogen-bond donors (Lipinski definition) is 0. The van der Waals surface area contributed by atoms with Crippen LogP contribution in [0.15, 0.2) is 24.3 Å². The van der Waals surface area contributed by atoms with Crippen LogP contribution in [0.3, 0.4) is 0 Å². The highest BCUT2D eigenvalue weighted by Crippen LogP contribution is 2.20. The third-order valence-electron chi connectivity index (χ3n) is 3.29. The van der Waals surface area contributed by atoms with E-state index in [4.69, 9.17) is 16.3 Å². The van der Waals surface area contributed by atoms with E-state index in [0.29, 0.717) is 0 Å². The van der Waals surface area contributed by atoms with Crippen LogP contribution in [0.2, 0.25) is 0 Å². The highest BCUT2D eigenvalue weighted by molar-refractivity contribution is 6.18. The van der Waals surface area contributed by atoms with Crippen molar-refractivity contribution in [1.82, 2.24) is 4.90 Å². The first-order chi connectivity index (χ1) is 8.83. The Morgan fingerprint density at radius 1 is 1.11 bits per heavy atom. The zero-order valence-electron chi connectivity index (χ0n) is 10.9. The molecule has 0 amide bonds. The Morgan fingerprint density at radius 2 is 1.78 bits per heavy atom. The van der Waals surface area contributed by atoms with E-state index in [9.17, 15) is 0 Å². The summed E-state index contributed by atoms with van der Waals surface area (Å²) in [7, 11) is 0. The van der Waals surface area contributed by atoms with Gasteiger partial charge in [0, 0.05) is 44.3 Å². The Kier molecular flexibility index (Phi) is 5.14. The van der Waals surface area contributed by atoms with E-state index in [0.717, 1.165) is 51.0 Å². The maximum absolute atomic E-state index is 5.77. The van der Waals surface area contributed by atoms with Crippen LogP contribution >= 0.6 is 11.6 Å². The van der Waals surface area contributed by atoms with E-state index in [1.54, 1.807) is 0 Å². The molecule has 18 heavy (non-hydrogen) atoms. The van der Waals surface area contributed by atoms with Crippen molar-refractivity contribution in [2.24, 2.45) is 0 Å². The number of benzene rings is 1. The molecule has 0 spiro atoms. The first-order valence-corrected chi connectivity index (χ1v) is 7.13. The van der Waals surface area contributed by atoms with Gasteiger partial charge in [0.25, 0.3) is 0 Å². The van der Waals surface area contributed by atoms with Crippen LogP contribution in [0, 0.1) is 0 Å². The highest BCUT2D eigenvalue weighted by atomic mass is 35.5. The normalized spacial score (nSPS) is 16.9. The second-order valence-electron chi connectivity index (χ2n) is 4.44. The molecule has 1 aromatic carbocycles. The van der Waals surface area contributed by atoms with E-state index >= 15 is 0 Å². The summed E-state index contributed by atoms with van der Waals surface area (Å²) in [5, 5.41) is 0. The molecule has 2 rings (SSSR count). The molecular formula is C14H21ClN2O. The fraction of sp³-hybridized carbons (Fsp3) is 0.571. The monoisotopic (exact) mass is 268 g/mol. The molecule has 3 nitrogen and oxygen atoms in total. The van der Waals surface area contributed by atoms with Gasteiger partial charge in [0.2, 0.25) is 0 Å². The van der Waals surface area contributed by atoms with Crippen molar-refractivity contribution in [3.8, 4) is 5.75 Å². The SMILES string of the molecule is CCOc1ccc(N2CCN(CCCl)CC2)cc1. The first-order valence-electron chi connectivity index (χ1n) is 6.59. The Bertz CT molecular complexity index is 347. The predicted molar refractivity (Wildman–Crippen MR) is 77.0 cm³/mol.